The van der Waals surface area contributed by atoms with Crippen LogP contribution in [0.5, 0.6) is 0 Å². The van der Waals surface area contributed by atoms with Gasteiger partial charge in [-0.25, -0.2) is 12.8 Å². The Bertz CT molecular complexity index is 1150. The van der Waals surface area contributed by atoms with Crippen LogP contribution in [-0.4, -0.2) is 69.6 Å². The maximum absolute atomic E-state index is 14.0. The van der Waals surface area contributed by atoms with Crippen molar-refractivity contribution in [2.75, 3.05) is 54.8 Å². The predicted molar refractivity (Wildman–Crippen MR) is 129 cm³/mol. The summed E-state index contributed by atoms with van der Waals surface area (Å²) in [4.78, 5) is 28.4. The molecule has 2 saturated heterocycles. The molecular formula is C24H29FN4O4S. The zero-order chi connectivity index (χ0) is 24.3. The summed E-state index contributed by atoms with van der Waals surface area (Å²) in [6, 6.07) is 14.0. The van der Waals surface area contributed by atoms with E-state index in [0.717, 1.165) is 11.3 Å². The van der Waals surface area contributed by atoms with Crippen LogP contribution in [0.4, 0.5) is 15.8 Å². The highest BCUT2D eigenvalue weighted by molar-refractivity contribution is 7.89. The highest BCUT2D eigenvalue weighted by atomic mass is 32.2. The first-order valence-corrected chi connectivity index (χ1v) is 13.0. The van der Waals surface area contributed by atoms with Crippen LogP contribution >= 0.6 is 0 Å². The normalized spacial score (nSPS) is 19.5. The molecule has 0 unspecified atom stereocenters. The predicted octanol–water partition coefficient (Wildman–Crippen LogP) is 1.76. The minimum absolute atomic E-state index is 0.0239. The molecule has 2 aromatic carbocycles. The van der Waals surface area contributed by atoms with E-state index in [1.807, 2.05) is 36.1 Å². The Balaban J connectivity index is 1.24. The molecule has 1 atom stereocenters. The van der Waals surface area contributed by atoms with Gasteiger partial charge in [-0.3, -0.25) is 9.59 Å². The van der Waals surface area contributed by atoms with E-state index in [2.05, 4.69) is 5.32 Å². The molecule has 0 aliphatic carbocycles. The number of piperazine rings is 1. The molecule has 0 aromatic heterocycles. The zero-order valence-electron chi connectivity index (χ0n) is 19.1. The van der Waals surface area contributed by atoms with Crippen molar-refractivity contribution in [2.45, 2.75) is 13.3 Å². The van der Waals surface area contributed by atoms with Crippen molar-refractivity contribution in [3.05, 3.63) is 59.9 Å². The minimum atomic E-state index is -3.57. The minimum Gasteiger partial charge on any atom is -0.367 e. The number of benzene rings is 2. The molecule has 2 amide bonds. The molecule has 2 aliphatic heterocycles. The largest absolute Gasteiger partial charge is 0.367 e. The standard InChI is InChI=1S/C24H29FN4O4S/c1-18-6-8-20(9-7-18)29-17-19(16-23(29)30)24(31)26-10-15-34(32,33)28-13-11-27(12-14-28)22-5-3-2-4-21(22)25/h2-9,19H,10-17H2,1H3,(H,26,31)/t19-/m1/s1. The number of hydrogen-bond donors (Lipinski definition) is 1. The van der Waals surface area contributed by atoms with Crippen LogP contribution in [0.3, 0.4) is 0 Å². The van der Waals surface area contributed by atoms with Crippen LogP contribution in [0.2, 0.25) is 0 Å². The molecule has 8 nitrogen and oxygen atoms in total. The summed E-state index contributed by atoms with van der Waals surface area (Å²) < 4.78 is 40.9. The first-order chi connectivity index (χ1) is 16.2. The van der Waals surface area contributed by atoms with Crippen LogP contribution in [0.1, 0.15) is 12.0 Å². The molecule has 1 N–H and O–H groups in total. The fourth-order valence-electron chi connectivity index (χ4n) is 4.35. The number of para-hydroxylation sites is 1. The first-order valence-electron chi connectivity index (χ1n) is 11.4. The van der Waals surface area contributed by atoms with Gasteiger partial charge >= 0.3 is 0 Å². The summed E-state index contributed by atoms with van der Waals surface area (Å²) in [5.41, 5.74) is 2.31. The lowest BCUT2D eigenvalue weighted by Gasteiger charge is -2.35. The summed E-state index contributed by atoms with van der Waals surface area (Å²) in [6.07, 6.45) is 0.102. The lowest BCUT2D eigenvalue weighted by Crippen LogP contribution is -2.50. The van der Waals surface area contributed by atoms with Crippen molar-refractivity contribution in [1.29, 1.82) is 0 Å². The van der Waals surface area contributed by atoms with Crippen molar-refractivity contribution >= 4 is 33.2 Å². The summed E-state index contributed by atoms with van der Waals surface area (Å²) in [7, 11) is -3.57. The lowest BCUT2D eigenvalue weighted by atomic mass is 10.1. The SMILES string of the molecule is Cc1ccc(N2C[C@H](C(=O)NCCS(=O)(=O)N3CCN(c4ccccc4F)CC3)CC2=O)cc1. The smallest absolute Gasteiger partial charge is 0.227 e. The van der Waals surface area contributed by atoms with Gasteiger partial charge in [0.25, 0.3) is 0 Å². The molecule has 2 aromatic rings. The molecule has 0 spiro atoms. The van der Waals surface area contributed by atoms with E-state index in [4.69, 9.17) is 0 Å². The second kappa shape index (κ2) is 10.1. The molecule has 2 fully saturated rings. The summed E-state index contributed by atoms with van der Waals surface area (Å²) in [5.74, 6) is -1.50. The van der Waals surface area contributed by atoms with E-state index in [9.17, 15) is 22.4 Å². The first kappa shape index (κ1) is 24.2. The maximum atomic E-state index is 14.0. The van der Waals surface area contributed by atoms with Gasteiger partial charge in [-0.05, 0) is 31.2 Å². The van der Waals surface area contributed by atoms with Gasteiger partial charge in [-0.1, -0.05) is 29.8 Å². The Morgan fingerprint density at radius 3 is 2.41 bits per heavy atom. The van der Waals surface area contributed by atoms with Gasteiger partial charge in [-0.2, -0.15) is 4.31 Å². The number of hydrogen-bond acceptors (Lipinski definition) is 5. The Morgan fingerprint density at radius 2 is 1.74 bits per heavy atom. The molecule has 2 heterocycles. The Labute approximate surface area is 199 Å². The van der Waals surface area contributed by atoms with Crippen molar-refractivity contribution in [2.24, 2.45) is 5.92 Å². The number of sulfonamides is 1. The second-order valence-electron chi connectivity index (χ2n) is 8.69. The third-order valence-electron chi connectivity index (χ3n) is 6.33. The van der Waals surface area contributed by atoms with Gasteiger partial charge in [-0.15, -0.1) is 0 Å². The number of aryl methyl sites for hydroxylation is 1. The quantitative estimate of drug-likeness (QED) is 0.642. The molecule has 4 rings (SSSR count). The Morgan fingerprint density at radius 1 is 1.06 bits per heavy atom. The fourth-order valence-corrected chi connectivity index (χ4v) is 5.69. The van der Waals surface area contributed by atoms with Gasteiger partial charge in [0.2, 0.25) is 21.8 Å². The number of nitrogens with one attached hydrogen (secondary N) is 1. The van der Waals surface area contributed by atoms with Crippen LogP contribution in [0.15, 0.2) is 48.5 Å². The number of carbonyl (C=O) groups is 2. The van der Waals surface area contributed by atoms with Crippen molar-refractivity contribution in [1.82, 2.24) is 9.62 Å². The molecule has 2 aliphatic rings. The molecule has 34 heavy (non-hydrogen) atoms. The monoisotopic (exact) mass is 488 g/mol. The van der Waals surface area contributed by atoms with E-state index in [-0.39, 0.29) is 56.0 Å². The molecule has 10 heteroatoms. The van der Waals surface area contributed by atoms with E-state index in [1.165, 1.54) is 10.4 Å². The molecule has 0 bridgehead atoms. The topological polar surface area (TPSA) is 90.0 Å². The van der Waals surface area contributed by atoms with Crippen molar-refractivity contribution < 1.29 is 22.4 Å². The molecule has 0 saturated carbocycles. The number of amides is 2. The molecular weight excluding hydrogens is 459 g/mol. The number of nitrogens with zero attached hydrogens (tertiary/aromatic N) is 3. The Kier molecular flexibility index (Phi) is 7.18. The number of carbonyl (C=O) groups excluding carboxylic acids is 2. The average Bonchev–Trinajstić information content (AvgIpc) is 3.21. The van der Waals surface area contributed by atoms with E-state index in [0.29, 0.717) is 18.8 Å². The average molecular weight is 489 g/mol. The molecule has 182 valence electrons. The van der Waals surface area contributed by atoms with Gasteiger partial charge in [0.1, 0.15) is 5.82 Å². The summed E-state index contributed by atoms with van der Waals surface area (Å²) in [6.45, 7) is 3.52. The van der Waals surface area contributed by atoms with Crippen LogP contribution < -0.4 is 15.1 Å². The van der Waals surface area contributed by atoms with E-state index >= 15 is 0 Å². The van der Waals surface area contributed by atoms with Crippen LogP contribution in [0.25, 0.3) is 0 Å². The summed E-state index contributed by atoms with van der Waals surface area (Å²) in [5, 5.41) is 2.68. The lowest BCUT2D eigenvalue weighted by molar-refractivity contribution is -0.126. The zero-order valence-corrected chi connectivity index (χ0v) is 19.9. The van der Waals surface area contributed by atoms with Crippen LogP contribution in [-0.2, 0) is 19.6 Å². The Hall–Kier alpha value is -2.98. The van der Waals surface area contributed by atoms with Crippen LogP contribution in [0, 0.1) is 18.7 Å². The number of anilines is 2. The van der Waals surface area contributed by atoms with Gasteiger partial charge in [0.15, 0.2) is 0 Å². The highest BCUT2D eigenvalue weighted by Gasteiger charge is 2.35. The summed E-state index contributed by atoms with van der Waals surface area (Å²) >= 11 is 0. The third kappa shape index (κ3) is 5.39. The maximum Gasteiger partial charge on any atom is 0.227 e. The van der Waals surface area contributed by atoms with E-state index in [1.54, 1.807) is 23.1 Å². The van der Waals surface area contributed by atoms with Gasteiger partial charge in [0.05, 0.1) is 17.4 Å². The number of rotatable bonds is 7. The van der Waals surface area contributed by atoms with Gasteiger partial charge in [0, 0.05) is 51.4 Å². The second-order valence-corrected chi connectivity index (χ2v) is 10.8. The van der Waals surface area contributed by atoms with Gasteiger partial charge < -0.3 is 15.1 Å². The fraction of sp³-hybridized carbons (Fsp3) is 0.417. The molecule has 0 radical (unpaired) electrons. The van der Waals surface area contributed by atoms with Crippen molar-refractivity contribution in [3.63, 3.8) is 0 Å². The highest BCUT2D eigenvalue weighted by Crippen LogP contribution is 2.25. The number of halogens is 1. The third-order valence-corrected chi connectivity index (χ3v) is 8.20. The van der Waals surface area contributed by atoms with E-state index < -0.39 is 15.9 Å². The van der Waals surface area contributed by atoms with Crippen molar-refractivity contribution in [3.8, 4) is 0 Å².